The van der Waals surface area contributed by atoms with Gasteiger partial charge < -0.3 is 26.3 Å². The fourth-order valence-electron chi connectivity index (χ4n) is 3.59. The van der Waals surface area contributed by atoms with E-state index >= 15 is 0 Å². The van der Waals surface area contributed by atoms with Crippen molar-refractivity contribution in [2.45, 2.75) is 97.4 Å². The second kappa shape index (κ2) is 13.1. The molecule has 0 spiro atoms. The van der Waals surface area contributed by atoms with Crippen LogP contribution >= 0.6 is 11.6 Å². The zero-order chi connectivity index (χ0) is 27.8. The number of rotatable bonds is 11. The number of carbonyl (C=O) groups is 2. The molecule has 1 aromatic carbocycles. The number of ether oxygens (including phenoxy) is 2. The SMILES string of the molecule is CC(C)(C)OC(=O)CC[C@H](NCc1ccc(CCCc2c(N)nc(N)nc2Cl)cc1)C(=O)OC(C)(C)C. The Labute approximate surface area is 224 Å². The number of esters is 2. The zero-order valence-corrected chi connectivity index (χ0v) is 23.4. The molecule has 0 radical (unpaired) electrons. The molecule has 9 nitrogen and oxygen atoms in total. The van der Waals surface area contributed by atoms with Gasteiger partial charge in [-0.1, -0.05) is 35.9 Å². The molecule has 0 bridgehead atoms. The number of hydrogen-bond donors (Lipinski definition) is 3. The van der Waals surface area contributed by atoms with E-state index in [1.54, 1.807) is 0 Å². The molecule has 0 fully saturated rings. The number of hydrogen-bond acceptors (Lipinski definition) is 9. The number of nitrogen functional groups attached to an aromatic ring is 2. The van der Waals surface area contributed by atoms with Crippen LogP contribution in [0.15, 0.2) is 24.3 Å². The first kappa shape index (κ1) is 30.3. The Morgan fingerprint density at radius 1 is 0.946 bits per heavy atom. The summed E-state index contributed by atoms with van der Waals surface area (Å²) in [7, 11) is 0. The van der Waals surface area contributed by atoms with Crippen molar-refractivity contribution in [1.82, 2.24) is 15.3 Å². The quantitative estimate of drug-likeness (QED) is 0.283. The first-order valence-corrected chi connectivity index (χ1v) is 12.8. The standard InChI is InChI=1S/C27H40ClN5O4/c1-26(2,3)36-21(34)15-14-20(24(35)37-27(4,5)6)31-16-18-12-10-17(11-13-18)8-7-9-19-22(28)32-25(30)33-23(19)29/h10-13,20,31H,7-9,14-16H2,1-6H3,(H4,29,30,32,33)/t20-/m0/s1. The second-order valence-corrected chi connectivity index (χ2v) is 11.4. The topological polar surface area (TPSA) is 142 Å². The van der Waals surface area contributed by atoms with Gasteiger partial charge in [-0.2, -0.15) is 4.98 Å². The molecule has 1 atom stereocenters. The molecule has 1 aromatic heterocycles. The van der Waals surface area contributed by atoms with Crippen LogP contribution in [0.5, 0.6) is 0 Å². The number of nitrogens with one attached hydrogen (secondary N) is 1. The molecule has 10 heteroatoms. The monoisotopic (exact) mass is 533 g/mol. The Morgan fingerprint density at radius 2 is 1.54 bits per heavy atom. The molecule has 204 valence electrons. The minimum absolute atomic E-state index is 0.0641. The lowest BCUT2D eigenvalue weighted by Crippen LogP contribution is -2.41. The molecular weight excluding hydrogens is 494 g/mol. The van der Waals surface area contributed by atoms with E-state index < -0.39 is 23.2 Å². The number of nitrogens with two attached hydrogens (primary N) is 2. The van der Waals surface area contributed by atoms with E-state index in [2.05, 4.69) is 15.3 Å². The van der Waals surface area contributed by atoms with Crippen molar-refractivity contribution in [3.05, 3.63) is 46.1 Å². The van der Waals surface area contributed by atoms with Gasteiger partial charge in [0.25, 0.3) is 0 Å². The summed E-state index contributed by atoms with van der Waals surface area (Å²) in [5, 5.41) is 3.53. The van der Waals surface area contributed by atoms with E-state index in [0.717, 1.165) is 24.0 Å². The fourth-order valence-corrected chi connectivity index (χ4v) is 3.86. The number of nitrogens with zero attached hydrogens (tertiary/aromatic N) is 2. The Hall–Kier alpha value is -2.91. The molecular formula is C27H40ClN5O4. The summed E-state index contributed by atoms with van der Waals surface area (Å²) in [5.41, 5.74) is 13.1. The Morgan fingerprint density at radius 3 is 2.11 bits per heavy atom. The third-order valence-electron chi connectivity index (χ3n) is 5.22. The highest BCUT2D eigenvalue weighted by atomic mass is 35.5. The highest BCUT2D eigenvalue weighted by molar-refractivity contribution is 6.30. The number of carbonyl (C=O) groups excluding carboxylic acids is 2. The van der Waals surface area contributed by atoms with E-state index in [4.69, 9.17) is 32.5 Å². The van der Waals surface area contributed by atoms with Gasteiger partial charge in [-0.05, 0) is 78.4 Å². The van der Waals surface area contributed by atoms with E-state index in [9.17, 15) is 9.59 Å². The maximum absolute atomic E-state index is 12.8. The largest absolute Gasteiger partial charge is 0.460 e. The van der Waals surface area contributed by atoms with Gasteiger partial charge in [0.05, 0.1) is 0 Å². The molecule has 0 aliphatic heterocycles. The highest BCUT2D eigenvalue weighted by Crippen LogP contribution is 2.22. The van der Waals surface area contributed by atoms with Crippen LogP contribution in [0.4, 0.5) is 11.8 Å². The highest BCUT2D eigenvalue weighted by Gasteiger charge is 2.26. The molecule has 37 heavy (non-hydrogen) atoms. The van der Waals surface area contributed by atoms with Crippen molar-refractivity contribution >= 4 is 35.3 Å². The van der Waals surface area contributed by atoms with Gasteiger partial charge in [0.15, 0.2) is 0 Å². The van der Waals surface area contributed by atoms with Gasteiger partial charge in [-0.15, -0.1) is 0 Å². The first-order valence-electron chi connectivity index (χ1n) is 12.5. The van der Waals surface area contributed by atoms with Crippen molar-refractivity contribution in [1.29, 1.82) is 0 Å². The molecule has 0 saturated heterocycles. The number of anilines is 2. The molecule has 2 aromatic rings. The van der Waals surface area contributed by atoms with E-state index in [1.807, 2.05) is 65.8 Å². The number of halogens is 1. The van der Waals surface area contributed by atoms with Gasteiger partial charge in [-0.3, -0.25) is 9.59 Å². The van der Waals surface area contributed by atoms with Crippen LogP contribution in [0.3, 0.4) is 0 Å². The summed E-state index contributed by atoms with van der Waals surface area (Å²) in [5.74, 6) is -0.364. The average Bonchev–Trinajstić information content (AvgIpc) is 2.74. The molecule has 0 aliphatic rings. The molecule has 0 unspecified atom stereocenters. The molecule has 0 amide bonds. The maximum Gasteiger partial charge on any atom is 0.323 e. The predicted molar refractivity (Wildman–Crippen MR) is 146 cm³/mol. The average molecular weight is 534 g/mol. The van der Waals surface area contributed by atoms with Crippen LogP contribution in [0.2, 0.25) is 5.15 Å². The van der Waals surface area contributed by atoms with Crippen LogP contribution in [0, 0.1) is 0 Å². The molecule has 5 N–H and O–H groups in total. The third-order valence-corrected chi connectivity index (χ3v) is 5.53. The maximum atomic E-state index is 12.8. The molecule has 2 rings (SSSR count). The van der Waals surface area contributed by atoms with Crippen LogP contribution in [0.1, 0.15) is 77.5 Å². The lowest BCUT2D eigenvalue weighted by atomic mass is 10.0. The Balaban J connectivity index is 1.93. The van der Waals surface area contributed by atoms with Gasteiger partial charge in [0, 0.05) is 18.5 Å². The third kappa shape index (κ3) is 11.3. The van der Waals surface area contributed by atoms with E-state index in [-0.39, 0.29) is 29.9 Å². The molecule has 0 saturated carbocycles. The number of aromatic nitrogens is 2. The smallest absolute Gasteiger partial charge is 0.323 e. The molecule has 1 heterocycles. The normalized spacial score (nSPS) is 12.7. The summed E-state index contributed by atoms with van der Waals surface area (Å²) < 4.78 is 10.9. The fraction of sp³-hybridized carbons (Fsp3) is 0.556. The van der Waals surface area contributed by atoms with Crippen LogP contribution in [-0.4, -0.2) is 39.2 Å². The van der Waals surface area contributed by atoms with Crippen molar-refractivity contribution in [2.75, 3.05) is 11.5 Å². The van der Waals surface area contributed by atoms with E-state index in [0.29, 0.717) is 24.3 Å². The van der Waals surface area contributed by atoms with Gasteiger partial charge >= 0.3 is 11.9 Å². The van der Waals surface area contributed by atoms with Crippen molar-refractivity contribution in [3.8, 4) is 0 Å². The van der Waals surface area contributed by atoms with Crippen molar-refractivity contribution in [2.24, 2.45) is 0 Å². The van der Waals surface area contributed by atoms with Crippen LogP contribution in [0.25, 0.3) is 0 Å². The summed E-state index contributed by atoms with van der Waals surface area (Å²) in [6, 6.07) is 7.48. The minimum atomic E-state index is -0.635. The van der Waals surface area contributed by atoms with Crippen LogP contribution in [-0.2, 0) is 38.4 Å². The summed E-state index contributed by atoms with van der Waals surface area (Å²) in [6.45, 7) is 11.3. The summed E-state index contributed by atoms with van der Waals surface area (Å²) in [6.07, 6.45) is 2.68. The predicted octanol–water partition coefficient (Wildman–Crippen LogP) is 4.39. The number of aryl methyl sites for hydroxylation is 1. The summed E-state index contributed by atoms with van der Waals surface area (Å²) in [4.78, 5) is 32.9. The van der Waals surface area contributed by atoms with Gasteiger partial charge in [0.2, 0.25) is 5.95 Å². The second-order valence-electron chi connectivity index (χ2n) is 11.0. The molecule has 0 aliphatic carbocycles. The number of benzene rings is 1. The Bertz CT molecular complexity index is 1040. The van der Waals surface area contributed by atoms with Gasteiger partial charge in [0.1, 0.15) is 28.2 Å². The Kier molecular flexibility index (Phi) is 10.7. The van der Waals surface area contributed by atoms with Crippen molar-refractivity contribution in [3.63, 3.8) is 0 Å². The van der Waals surface area contributed by atoms with Crippen LogP contribution < -0.4 is 16.8 Å². The van der Waals surface area contributed by atoms with Crippen molar-refractivity contribution < 1.29 is 19.1 Å². The zero-order valence-electron chi connectivity index (χ0n) is 22.7. The first-order chi connectivity index (χ1) is 17.1. The van der Waals surface area contributed by atoms with Gasteiger partial charge in [-0.25, -0.2) is 4.98 Å². The minimum Gasteiger partial charge on any atom is -0.460 e. The van der Waals surface area contributed by atoms with E-state index in [1.165, 1.54) is 0 Å². The summed E-state index contributed by atoms with van der Waals surface area (Å²) >= 11 is 6.15. The lowest BCUT2D eigenvalue weighted by Gasteiger charge is -2.25. The lowest BCUT2D eigenvalue weighted by molar-refractivity contribution is -0.158.